The molecule has 6 rings (SSSR count). The first kappa shape index (κ1) is 17.6. The molecule has 1 spiro atoms. The van der Waals surface area contributed by atoms with Crippen molar-refractivity contribution in [3.8, 4) is 17.0 Å². The van der Waals surface area contributed by atoms with Gasteiger partial charge in [-0.05, 0) is 30.9 Å². The maximum absolute atomic E-state index is 12.9. The number of nitrogens with zero attached hydrogens (tertiary/aromatic N) is 5. The predicted octanol–water partition coefficient (Wildman–Crippen LogP) is 3.27. The molecule has 152 valence electrons. The van der Waals surface area contributed by atoms with Crippen LogP contribution in [0.2, 0.25) is 0 Å². The molecule has 1 aromatic carbocycles. The molecule has 4 heterocycles. The summed E-state index contributed by atoms with van der Waals surface area (Å²) < 4.78 is 9.00. The Morgan fingerprint density at radius 1 is 1.13 bits per heavy atom. The highest BCUT2D eigenvalue weighted by molar-refractivity contribution is 5.92. The molecule has 0 atom stereocenters. The van der Waals surface area contributed by atoms with E-state index < -0.39 is 5.60 Å². The number of ether oxygens (including phenoxy) is 1. The molecule has 2 aliphatic heterocycles. The van der Waals surface area contributed by atoms with Gasteiger partial charge in [-0.3, -0.25) is 9.78 Å². The van der Waals surface area contributed by atoms with Crippen LogP contribution in [0.4, 0.5) is 0 Å². The van der Waals surface area contributed by atoms with Crippen molar-refractivity contribution in [3.05, 3.63) is 60.6 Å². The maximum Gasteiger partial charge on any atom is 0.274 e. The van der Waals surface area contributed by atoms with Crippen LogP contribution in [0.3, 0.4) is 0 Å². The molecule has 3 aromatic rings. The highest BCUT2D eigenvalue weighted by Crippen LogP contribution is 2.49. The Morgan fingerprint density at radius 3 is 2.73 bits per heavy atom. The summed E-state index contributed by atoms with van der Waals surface area (Å²) >= 11 is 0. The number of carbonyl (C=O) groups is 1. The van der Waals surface area contributed by atoms with E-state index in [1.54, 1.807) is 12.4 Å². The van der Waals surface area contributed by atoms with E-state index in [1.165, 1.54) is 24.7 Å². The first-order valence-electron chi connectivity index (χ1n) is 10.6. The van der Waals surface area contributed by atoms with Crippen molar-refractivity contribution < 1.29 is 9.53 Å². The van der Waals surface area contributed by atoms with Gasteiger partial charge < -0.3 is 14.2 Å². The van der Waals surface area contributed by atoms with Gasteiger partial charge in [-0.15, -0.1) is 0 Å². The quantitative estimate of drug-likeness (QED) is 0.673. The average Bonchev–Trinajstić information content (AvgIpc) is 3.51. The van der Waals surface area contributed by atoms with Crippen molar-refractivity contribution in [2.45, 2.75) is 37.8 Å². The Balaban J connectivity index is 1.33. The van der Waals surface area contributed by atoms with E-state index in [1.807, 2.05) is 29.4 Å². The van der Waals surface area contributed by atoms with Crippen LogP contribution < -0.4 is 4.74 Å². The standard InChI is InChI=1S/C23H23N5O2/c29-22(18-13-24-9-10-25-18)27-11-7-23(8-12-27)21-20(17-3-1-2-4-19(17)30-23)26-15-28(21)14-16-5-6-16/h1-4,9-10,13,15-16H,5-8,11-12,14H2. The number of rotatable bonds is 3. The third-order valence-corrected chi connectivity index (χ3v) is 6.51. The van der Waals surface area contributed by atoms with Crippen molar-refractivity contribution >= 4 is 5.91 Å². The van der Waals surface area contributed by atoms with Crippen LogP contribution in [-0.4, -0.2) is 43.4 Å². The molecule has 0 N–H and O–H groups in total. The van der Waals surface area contributed by atoms with Gasteiger partial charge in [-0.1, -0.05) is 12.1 Å². The number of likely N-dealkylation sites (tertiary alicyclic amines) is 1. The zero-order valence-corrected chi connectivity index (χ0v) is 16.7. The van der Waals surface area contributed by atoms with Crippen LogP contribution in [0.25, 0.3) is 11.3 Å². The van der Waals surface area contributed by atoms with Gasteiger partial charge >= 0.3 is 0 Å². The van der Waals surface area contributed by atoms with Crippen molar-refractivity contribution in [2.75, 3.05) is 13.1 Å². The van der Waals surface area contributed by atoms with Crippen molar-refractivity contribution in [3.63, 3.8) is 0 Å². The van der Waals surface area contributed by atoms with Gasteiger partial charge in [0.15, 0.2) is 5.60 Å². The molecule has 2 aromatic heterocycles. The van der Waals surface area contributed by atoms with E-state index in [9.17, 15) is 4.79 Å². The van der Waals surface area contributed by atoms with E-state index in [4.69, 9.17) is 9.72 Å². The van der Waals surface area contributed by atoms with Gasteiger partial charge in [-0.2, -0.15) is 0 Å². The van der Waals surface area contributed by atoms with Gasteiger partial charge in [0.1, 0.15) is 11.4 Å². The first-order valence-corrected chi connectivity index (χ1v) is 10.6. The monoisotopic (exact) mass is 401 g/mol. The van der Waals surface area contributed by atoms with Crippen molar-refractivity contribution in [1.29, 1.82) is 0 Å². The minimum Gasteiger partial charge on any atom is -0.480 e. The van der Waals surface area contributed by atoms with Gasteiger partial charge in [0.05, 0.1) is 23.9 Å². The molecule has 0 unspecified atom stereocenters. The number of piperidine rings is 1. The van der Waals surface area contributed by atoms with Crippen LogP contribution >= 0.6 is 0 Å². The summed E-state index contributed by atoms with van der Waals surface area (Å²) in [4.78, 5) is 27.7. The lowest BCUT2D eigenvalue weighted by molar-refractivity contribution is -0.00760. The second-order valence-electron chi connectivity index (χ2n) is 8.51. The number of hydrogen-bond acceptors (Lipinski definition) is 5. The van der Waals surface area contributed by atoms with Gasteiger partial charge in [0.2, 0.25) is 0 Å². The van der Waals surface area contributed by atoms with E-state index >= 15 is 0 Å². The maximum atomic E-state index is 12.9. The molecule has 7 heteroatoms. The normalized spacial score (nSPS) is 19.1. The minimum atomic E-state index is -0.450. The molecule has 1 amide bonds. The minimum absolute atomic E-state index is 0.0686. The predicted molar refractivity (Wildman–Crippen MR) is 110 cm³/mol. The highest BCUT2D eigenvalue weighted by Gasteiger charge is 2.47. The van der Waals surface area contributed by atoms with E-state index in [2.05, 4.69) is 20.6 Å². The fraction of sp³-hybridized carbons (Fsp3) is 0.391. The summed E-state index contributed by atoms with van der Waals surface area (Å²) in [6, 6.07) is 8.15. The lowest BCUT2D eigenvalue weighted by Gasteiger charge is -2.44. The number of amides is 1. The van der Waals surface area contributed by atoms with Crippen molar-refractivity contribution in [2.24, 2.45) is 5.92 Å². The Labute approximate surface area is 174 Å². The molecular formula is C23H23N5O2. The zero-order chi connectivity index (χ0) is 20.1. The molecule has 1 saturated heterocycles. The molecule has 30 heavy (non-hydrogen) atoms. The third kappa shape index (κ3) is 2.80. The van der Waals surface area contributed by atoms with E-state index in [0.29, 0.717) is 18.8 Å². The molecule has 1 saturated carbocycles. The van der Waals surface area contributed by atoms with Crippen molar-refractivity contribution in [1.82, 2.24) is 24.4 Å². The number of benzene rings is 1. The second kappa shape index (κ2) is 6.65. The molecule has 2 fully saturated rings. The van der Waals surface area contributed by atoms with Crippen LogP contribution in [0.1, 0.15) is 41.9 Å². The number of carbonyl (C=O) groups excluding carboxylic acids is 1. The summed E-state index contributed by atoms with van der Waals surface area (Å²) in [5.41, 5.74) is 3.22. The average molecular weight is 401 g/mol. The van der Waals surface area contributed by atoms with Crippen LogP contribution in [0, 0.1) is 5.92 Å². The molecular weight excluding hydrogens is 378 g/mol. The summed E-state index contributed by atoms with van der Waals surface area (Å²) in [5, 5.41) is 0. The highest BCUT2D eigenvalue weighted by atomic mass is 16.5. The summed E-state index contributed by atoms with van der Waals surface area (Å²) in [6.07, 6.45) is 10.7. The Bertz CT molecular complexity index is 1100. The van der Waals surface area contributed by atoms with Crippen LogP contribution in [0.5, 0.6) is 5.75 Å². The topological polar surface area (TPSA) is 73.1 Å². The van der Waals surface area contributed by atoms with E-state index in [-0.39, 0.29) is 5.91 Å². The summed E-state index contributed by atoms with van der Waals surface area (Å²) in [7, 11) is 0. The Morgan fingerprint density at radius 2 is 1.97 bits per heavy atom. The Hall–Kier alpha value is -3.22. The molecule has 1 aliphatic carbocycles. The van der Waals surface area contributed by atoms with Gasteiger partial charge in [0.25, 0.3) is 5.91 Å². The number of aromatic nitrogens is 4. The van der Waals surface area contributed by atoms with Crippen LogP contribution in [-0.2, 0) is 12.1 Å². The fourth-order valence-corrected chi connectivity index (χ4v) is 4.77. The number of imidazole rings is 1. The lowest BCUT2D eigenvalue weighted by Crippen LogP contribution is -2.50. The number of para-hydroxylation sites is 1. The number of hydrogen-bond donors (Lipinski definition) is 0. The zero-order valence-electron chi connectivity index (χ0n) is 16.7. The number of fused-ring (bicyclic) bond motifs is 4. The smallest absolute Gasteiger partial charge is 0.274 e. The summed E-state index contributed by atoms with van der Waals surface area (Å²) in [6.45, 7) is 2.23. The molecule has 3 aliphatic rings. The van der Waals surface area contributed by atoms with E-state index in [0.717, 1.165) is 42.3 Å². The van der Waals surface area contributed by atoms with Crippen LogP contribution in [0.15, 0.2) is 49.2 Å². The Kier molecular flexibility index (Phi) is 3.91. The molecule has 0 radical (unpaired) electrons. The molecule has 0 bridgehead atoms. The molecule has 7 nitrogen and oxygen atoms in total. The lowest BCUT2D eigenvalue weighted by atomic mass is 9.83. The summed E-state index contributed by atoms with van der Waals surface area (Å²) in [5.74, 6) is 1.56. The third-order valence-electron chi connectivity index (χ3n) is 6.51. The SMILES string of the molecule is O=C(c1cnccn1)N1CCC2(CC1)Oc1ccccc1-c1ncn(CC3CC3)c12. The fourth-order valence-electron chi connectivity index (χ4n) is 4.77. The van der Waals surface area contributed by atoms with Gasteiger partial charge in [-0.25, -0.2) is 9.97 Å². The van der Waals surface area contributed by atoms with Gasteiger partial charge in [0, 0.05) is 50.4 Å². The first-order chi connectivity index (χ1) is 14.7. The largest absolute Gasteiger partial charge is 0.480 e. The second-order valence-corrected chi connectivity index (χ2v) is 8.51.